The van der Waals surface area contributed by atoms with Crippen molar-refractivity contribution in [3.05, 3.63) is 205 Å². The number of benzene rings is 8. The molecule has 0 aliphatic heterocycles. The van der Waals surface area contributed by atoms with Crippen molar-refractivity contribution in [1.82, 2.24) is 0 Å². The number of hydrogen-bond donors (Lipinski definition) is 0. The molecule has 0 bridgehead atoms. The topological polar surface area (TPSA) is 6.48 Å². The molecule has 0 spiro atoms. The molecule has 2 heteroatoms. The summed E-state index contributed by atoms with van der Waals surface area (Å²) in [7, 11) is 0. The van der Waals surface area contributed by atoms with Crippen LogP contribution >= 0.6 is 0 Å². The Morgan fingerprint density at radius 2 is 0.792 bits per heavy atom. The fraction of sp³-hybridized carbons (Fsp3) is 0. The summed E-state index contributed by atoms with van der Waals surface area (Å²) in [6.45, 7) is 0. The summed E-state index contributed by atoms with van der Waals surface area (Å²) in [5.41, 5.74) is 9.18. The SMILES string of the molecule is C(=Cc1ccc(N(c2ccccc2)c2ccccc2)c2ccccc12)c1ccc2cc(N(c3ccccc3)c3ccccc3)ccc2c1. The molecule has 8 rings (SSSR count). The van der Waals surface area contributed by atoms with Gasteiger partial charge in [0.1, 0.15) is 0 Å². The zero-order valence-corrected chi connectivity index (χ0v) is 26.5. The highest BCUT2D eigenvalue weighted by Gasteiger charge is 2.16. The van der Waals surface area contributed by atoms with Crippen molar-refractivity contribution in [3.8, 4) is 0 Å². The molecule has 0 saturated heterocycles. The molecular weight excluding hydrogens is 581 g/mol. The van der Waals surface area contributed by atoms with E-state index in [0.717, 1.165) is 34.1 Å². The van der Waals surface area contributed by atoms with E-state index in [1.807, 2.05) is 0 Å². The second-order valence-electron chi connectivity index (χ2n) is 11.9. The van der Waals surface area contributed by atoms with Gasteiger partial charge >= 0.3 is 0 Å². The standard InChI is InChI=1S/C46H34N2/c1-5-15-39(16-6-1)47(40-17-7-2-8-18-40)43-31-29-37-33-35(26-28-38(37)34-43)25-27-36-30-32-46(45-24-14-13-23-44(36)45)48(41-19-9-3-10-20-41)42-21-11-4-12-22-42/h1-34H. The van der Waals surface area contributed by atoms with E-state index in [4.69, 9.17) is 0 Å². The Bertz CT molecular complexity index is 2250. The molecule has 0 amide bonds. The van der Waals surface area contributed by atoms with Gasteiger partial charge in [0.25, 0.3) is 0 Å². The minimum absolute atomic E-state index is 1.13. The Morgan fingerprint density at radius 3 is 1.38 bits per heavy atom. The van der Waals surface area contributed by atoms with Gasteiger partial charge in [0.15, 0.2) is 0 Å². The van der Waals surface area contributed by atoms with Crippen LogP contribution in [0.4, 0.5) is 34.1 Å². The van der Waals surface area contributed by atoms with Crippen LogP contribution in [0.1, 0.15) is 11.1 Å². The average Bonchev–Trinajstić information content (AvgIpc) is 3.16. The molecule has 48 heavy (non-hydrogen) atoms. The van der Waals surface area contributed by atoms with Crippen molar-refractivity contribution in [2.45, 2.75) is 0 Å². The highest BCUT2D eigenvalue weighted by molar-refractivity contribution is 6.03. The summed E-state index contributed by atoms with van der Waals surface area (Å²) < 4.78 is 0. The monoisotopic (exact) mass is 614 g/mol. The van der Waals surface area contributed by atoms with E-state index < -0.39 is 0 Å². The molecule has 0 N–H and O–H groups in total. The largest absolute Gasteiger partial charge is 0.310 e. The second-order valence-corrected chi connectivity index (χ2v) is 11.9. The maximum Gasteiger partial charge on any atom is 0.0540 e. The van der Waals surface area contributed by atoms with Crippen molar-refractivity contribution in [2.75, 3.05) is 9.80 Å². The van der Waals surface area contributed by atoms with Gasteiger partial charge in [-0.05, 0) is 100 Å². The maximum atomic E-state index is 2.34. The smallest absolute Gasteiger partial charge is 0.0540 e. The molecule has 0 saturated carbocycles. The van der Waals surface area contributed by atoms with Crippen LogP contribution < -0.4 is 9.80 Å². The third-order valence-electron chi connectivity index (χ3n) is 8.79. The Kier molecular flexibility index (Phi) is 7.96. The van der Waals surface area contributed by atoms with Crippen LogP contribution in [0.2, 0.25) is 0 Å². The van der Waals surface area contributed by atoms with Crippen LogP contribution in [-0.2, 0) is 0 Å². The van der Waals surface area contributed by atoms with E-state index in [0.29, 0.717) is 0 Å². The van der Waals surface area contributed by atoms with Crippen molar-refractivity contribution in [2.24, 2.45) is 0 Å². The quantitative estimate of drug-likeness (QED) is 0.157. The minimum Gasteiger partial charge on any atom is -0.310 e. The molecule has 0 heterocycles. The fourth-order valence-corrected chi connectivity index (χ4v) is 6.51. The van der Waals surface area contributed by atoms with Crippen molar-refractivity contribution in [1.29, 1.82) is 0 Å². The summed E-state index contributed by atoms with van der Waals surface area (Å²) in [5.74, 6) is 0. The number of anilines is 6. The summed E-state index contributed by atoms with van der Waals surface area (Å²) in [6.07, 6.45) is 4.46. The zero-order chi connectivity index (χ0) is 32.1. The number of nitrogens with zero attached hydrogens (tertiary/aromatic N) is 2. The lowest BCUT2D eigenvalue weighted by atomic mass is 9.99. The predicted octanol–water partition coefficient (Wildman–Crippen LogP) is 13.1. The van der Waals surface area contributed by atoms with Crippen LogP contribution in [0.5, 0.6) is 0 Å². The number of rotatable bonds is 8. The van der Waals surface area contributed by atoms with Crippen LogP contribution in [0.3, 0.4) is 0 Å². The molecule has 8 aromatic carbocycles. The Morgan fingerprint density at radius 1 is 0.312 bits per heavy atom. The predicted molar refractivity (Wildman–Crippen MR) is 206 cm³/mol. The van der Waals surface area contributed by atoms with Gasteiger partial charge in [-0.1, -0.05) is 133 Å². The van der Waals surface area contributed by atoms with E-state index >= 15 is 0 Å². The molecule has 228 valence electrons. The molecular formula is C46H34N2. The third kappa shape index (κ3) is 5.84. The van der Waals surface area contributed by atoms with E-state index in [2.05, 4.69) is 216 Å². The van der Waals surface area contributed by atoms with Crippen LogP contribution in [0, 0.1) is 0 Å². The minimum atomic E-state index is 1.13. The maximum absolute atomic E-state index is 2.34. The second kappa shape index (κ2) is 13.2. The first kappa shape index (κ1) is 29.1. The molecule has 0 unspecified atom stereocenters. The summed E-state index contributed by atoms with van der Waals surface area (Å²) in [6, 6.07) is 68.9. The highest BCUT2D eigenvalue weighted by Crippen LogP contribution is 2.40. The Hall–Kier alpha value is -6.38. The van der Waals surface area contributed by atoms with E-state index in [-0.39, 0.29) is 0 Å². The van der Waals surface area contributed by atoms with Gasteiger partial charge < -0.3 is 9.80 Å². The van der Waals surface area contributed by atoms with Gasteiger partial charge in [0, 0.05) is 33.8 Å². The lowest BCUT2D eigenvalue weighted by molar-refractivity contribution is 1.29. The molecule has 0 fully saturated rings. The van der Waals surface area contributed by atoms with E-state index in [1.165, 1.54) is 32.7 Å². The van der Waals surface area contributed by atoms with Gasteiger partial charge in [-0.3, -0.25) is 0 Å². The van der Waals surface area contributed by atoms with Gasteiger partial charge in [0.05, 0.1) is 5.69 Å². The summed E-state index contributed by atoms with van der Waals surface area (Å²) in [4.78, 5) is 4.64. The Balaban J connectivity index is 1.13. The number of fused-ring (bicyclic) bond motifs is 2. The molecule has 0 aromatic heterocycles. The third-order valence-corrected chi connectivity index (χ3v) is 8.79. The lowest BCUT2D eigenvalue weighted by Crippen LogP contribution is -2.10. The lowest BCUT2D eigenvalue weighted by Gasteiger charge is -2.27. The van der Waals surface area contributed by atoms with Crippen molar-refractivity contribution < 1.29 is 0 Å². The van der Waals surface area contributed by atoms with E-state index in [9.17, 15) is 0 Å². The number of para-hydroxylation sites is 4. The molecule has 0 aliphatic rings. The normalized spacial score (nSPS) is 11.2. The molecule has 0 atom stereocenters. The number of hydrogen-bond acceptors (Lipinski definition) is 2. The van der Waals surface area contributed by atoms with Crippen molar-refractivity contribution in [3.63, 3.8) is 0 Å². The van der Waals surface area contributed by atoms with E-state index in [1.54, 1.807) is 0 Å². The first-order valence-corrected chi connectivity index (χ1v) is 16.4. The first-order chi connectivity index (χ1) is 23.8. The Labute approximate surface area is 282 Å². The van der Waals surface area contributed by atoms with Crippen molar-refractivity contribution >= 4 is 67.8 Å². The van der Waals surface area contributed by atoms with Gasteiger partial charge in [-0.15, -0.1) is 0 Å². The molecule has 0 radical (unpaired) electrons. The van der Waals surface area contributed by atoms with Crippen LogP contribution in [-0.4, -0.2) is 0 Å². The summed E-state index contributed by atoms with van der Waals surface area (Å²) >= 11 is 0. The molecule has 8 aromatic rings. The van der Waals surface area contributed by atoms with Gasteiger partial charge in [-0.2, -0.15) is 0 Å². The van der Waals surface area contributed by atoms with Crippen LogP contribution in [0.25, 0.3) is 33.7 Å². The molecule has 2 nitrogen and oxygen atoms in total. The van der Waals surface area contributed by atoms with Gasteiger partial charge in [0.2, 0.25) is 0 Å². The first-order valence-electron chi connectivity index (χ1n) is 16.4. The fourth-order valence-electron chi connectivity index (χ4n) is 6.51. The highest BCUT2D eigenvalue weighted by atomic mass is 15.1. The zero-order valence-electron chi connectivity index (χ0n) is 26.5. The van der Waals surface area contributed by atoms with Gasteiger partial charge in [-0.25, -0.2) is 0 Å². The van der Waals surface area contributed by atoms with Crippen LogP contribution in [0.15, 0.2) is 194 Å². The summed E-state index contributed by atoms with van der Waals surface area (Å²) in [5, 5.41) is 4.84. The average molecular weight is 615 g/mol. The molecule has 0 aliphatic carbocycles.